The predicted octanol–water partition coefficient (Wildman–Crippen LogP) is 2.60. The summed E-state index contributed by atoms with van der Waals surface area (Å²) < 4.78 is 1.97. The molecule has 0 bridgehead atoms. The van der Waals surface area contributed by atoms with Gasteiger partial charge in [-0.05, 0) is 31.5 Å². The van der Waals surface area contributed by atoms with E-state index in [-0.39, 0.29) is 0 Å². The van der Waals surface area contributed by atoms with E-state index < -0.39 is 0 Å². The van der Waals surface area contributed by atoms with Crippen LogP contribution in [0, 0.1) is 6.92 Å². The maximum atomic E-state index is 6.04. The van der Waals surface area contributed by atoms with Crippen molar-refractivity contribution in [3.05, 3.63) is 22.7 Å². The van der Waals surface area contributed by atoms with Gasteiger partial charge in [-0.2, -0.15) is 0 Å². The maximum absolute atomic E-state index is 6.04. The molecule has 14 heavy (non-hydrogen) atoms. The number of hydrogen-bond acceptors (Lipinski definition) is 2. The molecule has 2 N–H and O–H groups in total. The molecule has 0 saturated carbocycles. The zero-order valence-corrected chi connectivity index (χ0v) is 8.97. The standard InChI is InChI=1S/C10H12ClN3/c1-3-14-9-6(2)7(11)4-5-8(9)13-10(14)12/h4-5H,3H2,1-2H3,(H2,12,13). The molecule has 74 valence electrons. The summed E-state index contributed by atoms with van der Waals surface area (Å²) in [5.41, 5.74) is 8.78. The third-order valence-electron chi connectivity index (χ3n) is 2.44. The molecule has 0 aliphatic rings. The van der Waals surface area contributed by atoms with Crippen molar-refractivity contribution in [1.82, 2.24) is 9.55 Å². The van der Waals surface area contributed by atoms with E-state index >= 15 is 0 Å². The Morgan fingerprint density at radius 2 is 2.21 bits per heavy atom. The van der Waals surface area contributed by atoms with Gasteiger partial charge in [0.25, 0.3) is 0 Å². The van der Waals surface area contributed by atoms with Gasteiger partial charge in [0, 0.05) is 11.6 Å². The van der Waals surface area contributed by atoms with Crippen LogP contribution in [0.15, 0.2) is 12.1 Å². The molecule has 4 heteroatoms. The van der Waals surface area contributed by atoms with Crippen molar-refractivity contribution in [2.75, 3.05) is 5.73 Å². The van der Waals surface area contributed by atoms with Crippen LogP contribution in [0.2, 0.25) is 5.02 Å². The van der Waals surface area contributed by atoms with E-state index in [1.54, 1.807) is 0 Å². The molecule has 0 fully saturated rings. The van der Waals surface area contributed by atoms with Gasteiger partial charge in [0.15, 0.2) is 0 Å². The van der Waals surface area contributed by atoms with Crippen molar-refractivity contribution in [3.8, 4) is 0 Å². The smallest absolute Gasteiger partial charge is 0.201 e. The van der Waals surface area contributed by atoms with Crippen LogP contribution >= 0.6 is 11.6 Å². The lowest BCUT2D eigenvalue weighted by atomic mass is 10.2. The normalized spacial score (nSPS) is 11.1. The molecule has 0 saturated heterocycles. The highest BCUT2D eigenvalue weighted by atomic mass is 35.5. The summed E-state index contributed by atoms with van der Waals surface area (Å²) >= 11 is 6.04. The van der Waals surface area contributed by atoms with E-state index in [1.165, 1.54) is 0 Å². The minimum absolute atomic E-state index is 0.549. The number of nitrogens with zero attached hydrogens (tertiary/aromatic N) is 2. The van der Waals surface area contributed by atoms with E-state index in [4.69, 9.17) is 17.3 Å². The summed E-state index contributed by atoms with van der Waals surface area (Å²) in [6, 6.07) is 3.75. The fourth-order valence-electron chi connectivity index (χ4n) is 1.71. The molecule has 0 unspecified atom stereocenters. The van der Waals surface area contributed by atoms with Crippen LogP contribution in [-0.4, -0.2) is 9.55 Å². The molecule has 1 aromatic heterocycles. The number of aryl methyl sites for hydroxylation is 2. The SMILES string of the molecule is CCn1c(N)nc2ccc(Cl)c(C)c21. The van der Waals surface area contributed by atoms with Crippen molar-refractivity contribution in [2.24, 2.45) is 0 Å². The molecule has 0 amide bonds. The van der Waals surface area contributed by atoms with Gasteiger partial charge in [-0.15, -0.1) is 0 Å². The number of benzene rings is 1. The second kappa shape index (κ2) is 3.17. The zero-order valence-electron chi connectivity index (χ0n) is 8.21. The Bertz CT molecular complexity index is 488. The molecule has 1 aromatic carbocycles. The Morgan fingerprint density at radius 3 is 2.86 bits per heavy atom. The minimum Gasteiger partial charge on any atom is -0.369 e. The fourth-order valence-corrected chi connectivity index (χ4v) is 1.86. The summed E-state index contributed by atoms with van der Waals surface area (Å²) in [7, 11) is 0. The van der Waals surface area contributed by atoms with Crippen molar-refractivity contribution in [2.45, 2.75) is 20.4 Å². The maximum Gasteiger partial charge on any atom is 0.201 e. The number of nitrogen functional groups attached to an aromatic ring is 1. The molecule has 2 rings (SSSR count). The largest absolute Gasteiger partial charge is 0.369 e. The molecule has 0 aliphatic heterocycles. The number of fused-ring (bicyclic) bond motifs is 1. The highest BCUT2D eigenvalue weighted by Gasteiger charge is 2.10. The van der Waals surface area contributed by atoms with Crippen LogP contribution in [0.5, 0.6) is 0 Å². The summed E-state index contributed by atoms with van der Waals surface area (Å²) in [5, 5.41) is 0.757. The van der Waals surface area contributed by atoms with E-state index in [0.29, 0.717) is 5.95 Å². The van der Waals surface area contributed by atoms with Crippen molar-refractivity contribution < 1.29 is 0 Å². The molecule has 0 atom stereocenters. The highest BCUT2D eigenvalue weighted by molar-refractivity contribution is 6.32. The van der Waals surface area contributed by atoms with E-state index in [9.17, 15) is 0 Å². The van der Waals surface area contributed by atoms with Gasteiger partial charge < -0.3 is 10.3 Å². The summed E-state index contributed by atoms with van der Waals surface area (Å²) in [6.07, 6.45) is 0. The Morgan fingerprint density at radius 1 is 1.50 bits per heavy atom. The Kier molecular flexibility index (Phi) is 2.11. The minimum atomic E-state index is 0.549. The van der Waals surface area contributed by atoms with Crippen LogP contribution in [0.25, 0.3) is 11.0 Å². The molecule has 0 spiro atoms. The monoisotopic (exact) mass is 209 g/mol. The number of anilines is 1. The number of aromatic nitrogens is 2. The van der Waals surface area contributed by atoms with Crippen molar-refractivity contribution >= 4 is 28.6 Å². The van der Waals surface area contributed by atoms with Crippen LogP contribution in [0.1, 0.15) is 12.5 Å². The number of rotatable bonds is 1. The fraction of sp³-hybridized carbons (Fsp3) is 0.300. The van der Waals surface area contributed by atoms with E-state index in [1.807, 2.05) is 30.5 Å². The average molecular weight is 210 g/mol. The lowest BCUT2D eigenvalue weighted by molar-refractivity contribution is 0.798. The molecular formula is C10H12ClN3. The van der Waals surface area contributed by atoms with Crippen LogP contribution in [0.3, 0.4) is 0 Å². The summed E-state index contributed by atoms with van der Waals surface area (Å²) in [6.45, 7) is 4.83. The third kappa shape index (κ3) is 1.16. The summed E-state index contributed by atoms with van der Waals surface area (Å²) in [5.74, 6) is 0.549. The highest BCUT2D eigenvalue weighted by Crippen LogP contribution is 2.26. The number of imidazole rings is 1. The molecular weight excluding hydrogens is 198 g/mol. The average Bonchev–Trinajstić information content (AvgIpc) is 2.48. The summed E-state index contributed by atoms with van der Waals surface area (Å²) in [4.78, 5) is 4.27. The van der Waals surface area contributed by atoms with Crippen molar-refractivity contribution in [3.63, 3.8) is 0 Å². The molecule has 2 aromatic rings. The van der Waals surface area contributed by atoms with Crippen LogP contribution in [-0.2, 0) is 6.54 Å². The van der Waals surface area contributed by atoms with E-state index in [2.05, 4.69) is 4.98 Å². The topological polar surface area (TPSA) is 43.8 Å². The Hall–Kier alpha value is -1.22. The zero-order chi connectivity index (χ0) is 10.3. The predicted molar refractivity (Wildman–Crippen MR) is 59.6 cm³/mol. The first kappa shape index (κ1) is 9.34. The first-order chi connectivity index (χ1) is 6.65. The number of nitrogens with two attached hydrogens (primary N) is 1. The number of halogens is 1. The molecule has 0 radical (unpaired) electrons. The van der Waals surface area contributed by atoms with Gasteiger partial charge in [0.2, 0.25) is 5.95 Å². The van der Waals surface area contributed by atoms with Gasteiger partial charge in [0.05, 0.1) is 11.0 Å². The quantitative estimate of drug-likeness (QED) is 0.785. The molecule has 3 nitrogen and oxygen atoms in total. The lowest BCUT2D eigenvalue weighted by Gasteiger charge is -2.05. The van der Waals surface area contributed by atoms with Gasteiger partial charge in [-0.3, -0.25) is 0 Å². The molecule has 0 aliphatic carbocycles. The van der Waals surface area contributed by atoms with Gasteiger partial charge in [0.1, 0.15) is 0 Å². The Balaban J connectivity index is 2.90. The Labute approximate surface area is 87.5 Å². The third-order valence-corrected chi connectivity index (χ3v) is 2.85. The number of hydrogen-bond donors (Lipinski definition) is 1. The van der Waals surface area contributed by atoms with Crippen LogP contribution in [0.4, 0.5) is 5.95 Å². The van der Waals surface area contributed by atoms with E-state index in [0.717, 1.165) is 28.2 Å². The molecule has 1 heterocycles. The van der Waals surface area contributed by atoms with Gasteiger partial charge in [-0.1, -0.05) is 11.6 Å². The van der Waals surface area contributed by atoms with Gasteiger partial charge in [-0.25, -0.2) is 4.98 Å². The second-order valence-electron chi connectivity index (χ2n) is 3.25. The first-order valence-electron chi connectivity index (χ1n) is 4.56. The van der Waals surface area contributed by atoms with Crippen LogP contribution < -0.4 is 5.73 Å². The second-order valence-corrected chi connectivity index (χ2v) is 3.66. The first-order valence-corrected chi connectivity index (χ1v) is 4.93. The van der Waals surface area contributed by atoms with Crippen molar-refractivity contribution in [1.29, 1.82) is 0 Å². The van der Waals surface area contributed by atoms with Gasteiger partial charge >= 0.3 is 0 Å². The lowest BCUT2D eigenvalue weighted by Crippen LogP contribution is -2.01.